The number of allylic oxidation sites excluding steroid dienone is 1. The van der Waals surface area contributed by atoms with Crippen LogP contribution in [0, 0.1) is 12.3 Å². The predicted octanol–water partition coefficient (Wildman–Crippen LogP) is 4.84. The zero-order chi connectivity index (χ0) is 15.6. The molecule has 0 unspecified atom stereocenters. The van der Waals surface area contributed by atoms with Gasteiger partial charge in [-0.15, -0.1) is 0 Å². The number of ether oxygens (including phenoxy) is 1. The van der Waals surface area contributed by atoms with Gasteiger partial charge in [-0.25, -0.2) is 0 Å². The second kappa shape index (κ2) is 9.60. The maximum atomic E-state index is 9.18. The van der Waals surface area contributed by atoms with Crippen molar-refractivity contribution < 1.29 is 9.84 Å². The van der Waals surface area contributed by atoms with E-state index in [0.29, 0.717) is 0 Å². The molecule has 0 saturated carbocycles. The van der Waals surface area contributed by atoms with Crippen LogP contribution in [0.1, 0.15) is 51.7 Å². The van der Waals surface area contributed by atoms with E-state index in [1.165, 1.54) is 5.56 Å². The molecule has 1 N–H and O–H groups in total. The van der Waals surface area contributed by atoms with Gasteiger partial charge >= 0.3 is 0 Å². The number of hydrogen-bond donors (Lipinski definition) is 1. The quantitative estimate of drug-likeness (QED) is 0.806. The summed E-state index contributed by atoms with van der Waals surface area (Å²) in [6.45, 7) is 10.5. The van der Waals surface area contributed by atoms with Crippen LogP contribution in [0.4, 0.5) is 0 Å². The maximum absolute atomic E-state index is 9.18. The largest absolute Gasteiger partial charge is 0.496 e. The van der Waals surface area contributed by atoms with Gasteiger partial charge in [-0.1, -0.05) is 51.5 Å². The van der Waals surface area contributed by atoms with Crippen LogP contribution >= 0.6 is 0 Å². The molecule has 20 heavy (non-hydrogen) atoms. The van der Waals surface area contributed by atoms with E-state index < -0.39 is 0 Å². The average molecular weight is 278 g/mol. The first-order valence-corrected chi connectivity index (χ1v) is 7.40. The molecule has 0 heterocycles. The molecule has 0 aromatic heterocycles. The summed E-state index contributed by atoms with van der Waals surface area (Å²) in [6.07, 6.45) is 6.19. The van der Waals surface area contributed by atoms with Crippen LogP contribution in [-0.4, -0.2) is 18.8 Å². The van der Waals surface area contributed by atoms with Crippen LogP contribution in [0.2, 0.25) is 0 Å². The molecule has 0 fully saturated rings. The molecule has 0 aliphatic carbocycles. The first kappa shape index (κ1) is 18.7. The van der Waals surface area contributed by atoms with Crippen molar-refractivity contribution in [2.24, 2.45) is 5.41 Å². The Morgan fingerprint density at radius 1 is 1.25 bits per heavy atom. The Kier molecular flexibility index (Phi) is 8.98. The molecular weight excluding hydrogens is 248 g/mol. The third kappa shape index (κ3) is 6.76. The van der Waals surface area contributed by atoms with Crippen LogP contribution in [0.3, 0.4) is 0 Å². The van der Waals surface area contributed by atoms with E-state index in [-0.39, 0.29) is 12.0 Å². The lowest BCUT2D eigenvalue weighted by Crippen LogP contribution is -2.15. The molecule has 114 valence electrons. The van der Waals surface area contributed by atoms with Gasteiger partial charge in [-0.2, -0.15) is 0 Å². The van der Waals surface area contributed by atoms with Crippen molar-refractivity contribution in [1.82, 2.24) is 0 Å². The number of benzene rings is 1. The zero-order valence-electron chi connectivity index (χ0n) is 13.9. The van der Waals surface area contributed by atoms with Gasteiger partial charge in [-0.3, -0.25) is 0 Å². The molecule has 0 aliphatic rings. The van der Waals surface area contributed by atoms with E-state index in [2.05, 4.69) is 39.0 Å². The summed E-state index contributed by atoms with van der Waals surface area (Å²) in [4.78, 5) is 0. The van der Waals surface area contributed by atoms with E-state index in [1.54, 1.807) is 7.11 Å². The number of aliphatic hydroxyl groups is 1. The Morgan fingerprint density at radius 3 is 2.45 bits per heavy atom. The zero-order valence-corrected chi connectivity index (χ0v) is 13.9. The summed E-state index contributed by atoms with van der Waals surface area (Å²) in [6, 6.07) is 6.16. The number of hydrogen-bond acceptors (Lipinski definition) is 2. The van der Waals surface area contributed by atoms with Crippen molar-refractivity contribution in [2.45, 2.75) is 47.5 Å². The van der Waals surface area contributed by atoms with E-state index >= 15 is 0 Å². The number of rotatable bonds is 6. The van der Waals surface area contributed by atoms with E-state index in [4.69, 9.17) is 4.74 Å². The van der Waals surface area contributed by atoms with E-state index in [9.17, 15) is 5.11 Å². The molecule has 1 aromatic rings. The molecule has 0 spiro atoms. The monoisotopic (exact) mass is 278 g/mol. The third-order valence-corrected chi connectivity index (χ3v) is 3.10. The second-order valence-corrected chi connectivity index (χ2v) is 5.51. The Morgan fingerprint density at radius 2 is 1.90 bits per heavy atom. The minimum absolute atomic E-state index is 0.00102. The number of aliphatic hydroxyl groups excluding tert-OH is 1. The highest BCUT2D eigenvalue weighted by Crippen LogP contribution is 2.24. The Balaban J connectivity index is 0.00000172. The molecular formula is C18H30O2. The van der Waals surface area contributed by atoms with Crippen LogP contribution < -0.4 is 4.74 Å². The second-order valence-electron chi connectivity index (χ2n) is 5.51. The van der Waals surface area contributed by atoms with Crippen molar-refractivity contribution in [3.05, 3.63) is 35.4 Å². The first-order valence-electron chi connectivity index (χ1n) is 7.40. The normalized spacial score (nSPS) is 11.2. The standard InChI is InChI=1S/C16H24O2.C2H6/c1-13-8-9-15(18-4)14(11-13)7-5-6-10-16(2,3)12-17;1-2/h5,7-9,11,17H,6,10,12H2,1-4H3;1-2H3/b7-5+;. The lowest BCUT2D eigenvalue weighted by atomic mass is 9.89. The summed E-state index contributed by atoms with van der Waals surface area (Å²) in [7, 11) is 1.69. The van der Waals surface area contributed by atoms with Crippen LogP contribution in [0.15, 0.2) is 24.3 Å². The summed E-state index contributed by atoms with van der Waals surface area (Å²) < 4.78 is 5.33. The van der Waals surface area contributed by atoms with Crippen LogP contribution in [0.25, 0.3) is 6.08 Å². The molecule has 0 bridgehead atoms. The Labute approximate surface area is 124 Å². The smallest absolute Gasteiger partial charge is 0.126 e. The van der Waals surface area contributed by atoms with Crippen molar-refractivity contribution in [2.75, 3.05) is 13.7 Å². The predicted molar refractivity (Wildman–Crippen MR) is 88.2 cm³/mol. The molecule has 0 aliphatic heterocycles. The lowest BCUT2D eigenvalue weighted by Gasteiger charge is -2.20. The first-order chi connectivity index (χ1) is 9.48. The van der Waals surface area contributed by atoms with Crippen molar-refractivity contribution in [1.29, 1.82) is 0 Å². The summed E-state index contributed by atoms with van der Waals surface area (Å²) in [5, 5.41) is 9.18. The highest BCUT2D eigenvalue weighted by molar-refractivity contribution is 5.58. The number of methoxy groups -OCH3 is 1. The minimum atomic E-state index is 0.00102. The van der Waals surface area contributed by atoms with Crippen molar-refractivity contribution >= 4 is 6.08 Å². The lowest BCUT2D eigenvalue weighted by molar-refractivity contribution is 0.151. The molecule has 0 amide bonds. The van der Waals surface area contributed by atoms with Crippen LogP contribution in [0.5, 0.6) is 5.75 Å². The Hall–Kier alpha value is -1.28. The summed E-state index contributed by atoms with van der Waals surface area (Å²) in [5.74, 6) is 0.901. The van der Waals surface area contributed by atoms with Gasteiger partial charge in [0.25, 0.3) is 0 Å². The molecule has 0 radical (unpaired) electrons. The van der Waals surface area contributed by atoms with Gasteiger partial charge in [-0.05, 0) is 37.3 Å². The van der Waals surface area contributed by atoms with Crippen LogP contribution in [-0.2, 0) is 0 Å². The third-order valence-electron chi connectivity index (χ3n) is 3.10. The highest BCUT2D eigenvalue weighted by atomic mass is 16.5. The number of aryl methyl sites for hydroxylation is 1. The van der Waals surface area contributed by atoms with Crippen molar-refractivity contribution in [3.8, 4) is 5.75 Å². The van der Waals surface area contributed by atoms with E-state index in [0.717, 1.165) is 24.2 Å². The Bertz CT molecular complexity index is 406. The fourth-order valence-corrected chi connectivity index (χ4v) is 1.75. The van der Waals surface area contributed by atoms with Gasteiger partial charge in [0.05, 0.1) is 7.11 Å². The minimum Gasteiger partial charge on any atom is -0.496 e. The molecule has 0 saturated heterocycles. The summed E-state index contributed by atoms with van der Waals surface area (Å²) >= 11 is 0. The van der Waals surface area contributed by atoms with Gasteiger partial charge in [0.1, 0.15) is 5.75 Å². The highest BCUT2D eigenvalue weighted by Gasteiger charge is 2.14. The van der Waals surface area contributed by atoms with Crippen molar-refractivity contribution in [3.63, 3.8) is 0 Å². The molecule has 1 aromatic carbocycles. The fourth-order valence-electron chi connectivity index (χ4n) is 1.75. The topological polar surface area (TPSA) is 29.5 Å². The fraction of sp³-hybridized carbons (Fsp3) is 0.556. The van der Waals surface area contributed by atoms with Gasteiger partial charge in [0.2, 0.25) is 0 Å². The SMILES string of the molecule is CC.COc1ccc(C)cc1/C=C/CCC(C)(C)CO. The van der Waals surface area contributed by atoms with Gasteiger partial charge < -0.3 is 9.84 Å². The molecule has 1 rings (SSSR count). The molecule has 2 heteroatoms. The average Bonchev–Trinajstić information content (AvgIpc) is 2.46. The maximum Gasteiger partial charge on any atom is 0.126 e. The molecule has 0 atom stereocenters. The molecule has 2 nitrogen and oxygen atoms in total. The van der Waals surface area contributed by atoms with Gasteiger partial charge in [0.15, 0.2) is 0 Å². The van der Waals surface area contributed by atoms with E-state index in [1.807, 2.05) is 26.0 Å². The van der Waals surface area contributed by atoms with Gasteiger partial charge in [0, 0.05) is 12.2 Å². The summed E-state index contributed by atoms with van der Waals surface area (Å²) in [5.41, 5.74) is 2.34.